The van der Waals surface area contributed by atoms with Crippen molar-refractivity contribution in [2.24, 2.45) is 5.92 Å². The first-order valence-electron chi connectivity index (χ1n) is 18.1. The first-order chi connectivity index (χ1) is 26.5. The van der Waals surface area contributed by atoms with E-state index in [1.807, 2.05) is 24.3 Å². The van der Waals surface area contributed by atoms with E-state index in [0.717, 1.165) is 5.39 Å². The summed E-state index contributed by atoms with van der Waals surface area (Å²) in [5, 5.41) is 21.7. The van der Waals surface area contributed by atoms with Gasteiger partial charge in [0, 0.05) is 31.1 Å². The largest absolute Gasteiger partial charge is 0.460 e. The van der Waals surface area contributed by atoms with E-state index in [4.69, 9.17) is 14.0 Å². The number of Topliss-reactive ketones (excluding diaryl/α,β-unsaturated/α-hetero) is 1. The van der Waals surface area contributed by atoms with Crippen LogP contribution in [0.25, 0.3) is 10.8 Å². The number of benzene rings is 3. The lowest BCUT2D eigenvalue weighted by atomic mass is 10.00. The number of aromatic nitrogens is 4. The SMILES string of the molecule is COCn1nnnc1CC[C@H](NC(=O)c1cccc2ccccc12)C(=O)N[C@H](C(=O)N[C@@H](CC(=O)OC(C)(C)C)C(=O)COP(C)(=O)c1ccccc1)C(C)C. The van der Waals surface area contributed by atoms with Crippen molar-refractivity contribution in [1.29, 1.82) is 0 Å². The maximum Gasteiger partial charge on any atom is 0.308 e. The third kappa shape index (κ3) is 12.4. The van der Waals surface area contributed by atoms with Crippen LogP contribution in [0, 0.1) is 5.92 Å². The fraction of sp³-hybridized carbons (Fsp3) is 0.436. The fourth-order valence-electron chi connectivity index (χ4n) is 5.73. The number of rotatable bonds is 19. The summed E-state index contributed by atoms with van der Waals surface area (Å²) >= 11 is 0. The Morgan fingerprint density at radius 3 is 2.21 bits per heavy atom. The molecule has 0 bridgehead atoms. The zero-order chi connectivity index (χ0) is 41.0. The Balaban J connectivity index is 1.56. The van der Waals surface area contributed by atoms with E-state index in [2.05, 4.69) is 31.5 Å². The first-order valence-corrected chi connectivity index (χ1v) is 20.2. The predicted molar refractivity (Wildman–Crippen MR) is 208 cm³/mol. The Bertz CT molecular complexity index is 2040. The molecule has 3 N–H and O–H groups in total. The summed E-state index contributed by atoms with van der Waals surface area (Å²) in [6, 6.07) is 17.1. The van der Waals surface area contributed by atoms with Crippen LogP contribution in [0.15, 0.2) is 72.8 Å². The van der Waals surface area contributed by atoms with Crippen LogP contribution in [0.3, 0.4) is 0 Å². The third-order valence-corrected chi connectivity index (χ3v) is 10.4. The second kappa shape index (κ2) is 19.5. The highest BCUT2D eigenvalue weighted by molar-refractivity contribution is 7.66. The van der Waals surface area contributed by atoms with Crippen molar-refractivity contribution in [3.63, 3.8) is 0 Å². The molecule has 3 aromatic carbocycles. The van der Waals surface area contributed by atoms with Crippen LogP contribution < -0.4 is 21.3 Å². The van der Waals surface area contributed by atoms with Crippen LogP contribution in [0.4, 0.5) is 0 Å². The van der Waals surface area contributed by atoms with Crippen LogP contribution in [0.1, 0.15) is 63.6 Å². The molecule has 0 aliphatic carbocycles. The minimum absolute atomic E-state index is 0.0362. The van der Waals surface area contributed by atoms with Crippen LogP contribution in [0.5, 0.6) is 0 Å². The number of hydrogen-bond donors (Lipinski definition) is 3. The summed E-state index contributed by atoms with van der Waals surface area (Å²) in [6.07, 6.45) is -0.364. The second-order valence-corrected chi connectivity index (χ2v) is 17.1. The smallest absolute Gasteiger partial charge is 0.308 e. The number of aryl methyl sites for hydroxylation is 1. The average Bonchev–Trinajstić information content (AvgIpc) is 3.60. The van der Waals surface area contributed by atoms with Crippen LogP contribution >= 0.6 is 7.37 Å². The standard InChI is InChI=1S/C39H50N7O9P/c1-25(2)35(38(51)41-31(22-34(48)55-39(3,4)5)32(47)23-54-56(7,52)27-16-9-8-10-17-27)42-37(50)30(20-21-33-43-44-45-46(33)24-53-6)40-36(49)29-19-13-15-26-14-11-12-18-28(26)29/h8-19,25,30-31,35H,20-24H2,1-7H3,(H,40,49)(H,41,51)(H,42,50)/t30-,31-,35-,56?/m0/s1. The van der Waals surface area contributed by atoms with Crippen LogP contribution in [-0.2, 0) is 50.9 Å². The number of amides is 3. The number of carbonyl (C=O) groups is 5. The van der Waals surface area contributed by atoms with Crippen LogP contribution in [0.2, 0.25) is 0 Å². The lowest BCUT2D eigenvalue weighted by molar-refractivity contribution is -0.156. The molecule has 0 saturated carbocycles. The number of tetrazole rings is 1. The number of esters is 1. The molecule has 4 rings (SSSR count). The van der Waals surface area contributed by atoms with Gasteiger partial charge in [0.05, 0.1) is 6.42 Å². The first kappa shape index (κ1) is 43.4. The Labute approximate surface area is 325 Å². The van der Waals surface area contributed by atoms with E-state index in [-0.39, 0.29) is 19.6 Å². The van der Waals surface area contributed by atoms with Gasteiger partial charge in [-0.3, -0.25) is 28.5 Å². The van der Waals surface area contributed by atoms with Gasteiger partial charge in [0.1, 0.15) is 37.1 Å². The van der Waals surface area contributed by atoms with Crippen molar-refractivity contribution in [2.45, 2.75) is 84.3 Å². The summed E-state index contributed by atoms with van der Waals surface area (Å²) < 4.78 is 30.9. The number of nitrogens with one attached hydrogen (secondary N) is 3. The normalized spacial score (nSPS) is 14.3. The molecule has 0 saturated heterocycles. The molecule has 1 heterocycles. The summed E-state index contributed by atoms with van der Waals surface area (Å²) in [4.78, 5) is 68.3. The quantitative estimate of drug-likeness (QED) is 0.0923. The number of carbonyl (C=O) groups excluding carboxylic acids is 5. The van der Waals surface area contributed by atoms with Gasteiger partial charge in [-0.05, 0) is 72.5 Å². The lowest BCUT2D eigenvalue weighted by Gasteiger charge is -2.28. The molecule has 4 aromatic rings. The number of hydrogen-bond acceptors (Lipinski definition) is 12. The highest BCUT2D eigenvalue weighted by Crippen LogP contribution is 2.41. The van der Waals surface area contributed by atoms with Crippen molar-refractivity contribution in [3.8, 4) is 0 Å². The number of fused-ring (bicyclic) bond motifs is 1. The van der Waals surface area contributed by atoms with E-state index in [0.29, 0.717) is 22.1 Å². The van der Waals surface area contributed by atoms with Gasteiger partial charge < -0.3 is 29.9 Å². The minimum atomic E-state index is -3.45. The molecule has 0 spiro atoms. The van der Waals surface area contributed by atoms with Crippen LogP contribution in [-0.4, -0.2) is 93.8 Å². The molecule has 0 fully saturated rings. The van der Waals surface area contributed by atoms with Gasteiger partial charge in [-0.15, -0.1) is 5.10 Å². The summed E-state index contributed by atoms with van der Waals surface area (Å²) in [7, 11) is -1.97. The molecule has 56 heavy (non-hydrogen) atoms. The fourth-order valence-corrected chi connectivity index (χ4v) is 6.97. The van der Waals surface area contributed by atoms with Gasteiger partial charge in [-0.25, -0.2) is 4.68 Å². The lowest BCUT2D eigenvalue weighted by Crippen LogP contribution is -2.58. The maximum atomic E-state index is 14.1. The van der Waals surface area contributed by atoms with E-state index in [9.17, 15) is 28.5 Å². The van der Waals surface area contributed by atoms with Gasteiger partial charge >= 0.3 is 5.97 Å². The highest BCUT2D eigenvalue weighted by Gasteiger charge is 2.34. The Hall–Kier alpha value is -5.31. The van der Waals surface area contributed by atoms with Crippen molar-refractivity contribution in [1.82, 2.24) is 36.2 Å². The maximum absolute atomic E-state index is 14.1. The monoisotopic (exact) mass is 791 g/mol. The molecule has 4 atom stereocenters. The number of methoxy groups -OCH3 is 1. The molecule has 3 amide bonds. The molecule has 0 aliphatic rings. The van der Waals surface area contributed by atoms with Gasteiger partial charge in [-0.1, -0.05) is 68.4 Å². The van der Waals surface area contributed by atoms with E-state index in [1.54, 1.807) is 83.1 Å². The van der Waals surface area contributed by atoms with Gasteiger partial charge in [0.2, 0.25) is 19.2 Å². The molecule has 17 heteroatoms. The van der Waals surface area contributed by atoms with Gasteiger partial charge in [0.25, 0.3) is 5.91 Å². The molecule has 300 valence electrons. The predicted octanol–water partition coefficient (Wildman–Crippen LogP) is 3.34. The molecule has 0 radical (unpaired) electrons. The van der Waals surface area contributed by atoms with Gasteiger partial charge in [0.15, 0.2) is 11.6 Å². The third-order valence-electron chi connectivity index (χ3n) is 8.59. The minimum Gasteiger partial charge on any atom is -0.460 e. The molecule has 1 unspecified atom stereocenters. The zero-order valence-corrected chi connectivity index (χ0v) is 33.6. The van der Waals surface area contributed by atoms with Crippen molar-refractivity contribution < 1.29 is 42.5 Å². The summed E-state index contributed by atoms with van der Waals surface area (Å²) in [6.45, 7) is 9.11. The van der Waals surface area contributed by atoms with E-state index < -0.39 is 79.5 Å². The molecule has 16 nitrogen and oxygen atoms in total. The molecule has 1 aromatic heterocycles. The highest BCUT2D eigenvalue weighted by atomic mass is 31.2. The van der Waals surface area contributed by atoms with E-state index >= 15 is 0 Å². The molecular formula is C39H50N7O9P. The Morgan fingerprint density at radius 2 is 1.54 bits per heavy atom. The average molecular weight is 792 g/mol. The number of ether oxygens (including phenoxy) is 2. The van der Waals surface area contributed by atoms with Gasteiger partial charge in [-0.2, -0.15) is 0 Å². The van der Waals surface area contributed by atoms with Crippen molar-refractivity contribution in [2.75, 3.05) is 20.4 Å². The van der Waals surface area contributed by atoms with Crippen molar-refractivity contribution >= 4 is 52.9 Å². The molecule has 0 aliphatic heterocycles. The number of ketones is 1. The second-order valence-electron chi connectivity index (χ2n) is 14.6. The van der Waals surface area contributed by atoms with Crippen molar-refractivity contribution in [3.05, 3.63) is 84.2 Å². The van der Waals surface area contributed by atoms with E-state index in [1.165, 1.54) is 18.5 Å². The topological polar surface area (TPSA) is 210 Å². The molecular weight excluding hydrogens is 741 g/mol. The Morgan fingerprint density at radius 1 is 0.857 bits per heavy atom. The number of nitrogens with zero attached hydrogens (tertiary/aromatic N) is 4. The Kier molecular flexibility index (Phi) is 15.1. The summed E-state index contributed by atoms with van der Waals surface area (Å²) in [5.74, 6) is -3.61. The zero-order valence-electron chi connectivity index (χ0n) is 32.7. The summed E-state index contributed by atoms with van der Waals surface area (Å²) in [5.41, 5.74) is -0.539.